The number of fused-ring (bicyclic) bond motifs is 1. The summed E-state index contributed by atoms with van der Waals surface area (Å²) < 4.78 is 0. The first-order chi connectivity index (χ1) is 12.1. The summed E-state index contributed by atoms with van der Waals surface area (Å²) in [6.45, 7) is 0.325. The Hall–Kier alpha value is -2.07. The Kier molecular flexibility index (Phi) is 5.59. The number of aliphatic hydroxyl groups is 1. The Bertz CT molecular complexity index is 906. The van der Waals surface area contributed by atoms with E-state index in [-0.39, 0.29) is 5.91 Å². The Morgan fingerprint density at radius 3 is 2.64 bits per heavy atom. The molecule has 5 heteroatoms. The lowest BCUT2D eigenvalue weighted by atomic mass is 9.99. The monoisotopic (exact) mass is 373 g/mol. The molecule has 3 nitrogen and oxygen atoms in total. The molecule has 0 saturated heterocycles. The van der Waals surface area contributed by atoms with Gasteiger partial charge in [0.15, 0.2) is 0 Å². The molecule has 1 unspecified atom stereocenters. The van der Waals surface area contributed by atoms with Gasteiger partial charge in [-0.1, -0.05) is 65.7 Å². The van der Waals surface area contributed by atoms with Crippen LogP contribution in [0.2, 0.25) is 10.0 Å². The Labute approximate surface area is 156 Å². The minimum atomic E-state index is -0.666. The van der Waals surface area contributed by atoms with E-state index in [1.54, 1.807) is 12.1 Å². The molecule has 0 spiro atoms. The normalized spacial score (nSPS) is 12.1. The molecule has 0 saturated carbocycles. The van der Waals surface area contributed by atoms with Crippen molar-refractivity contribution in [2.45, 2.75) is 12.5 Å². The second kappa shape index (κ2) is 7.87. The zero-order valence-corrected chi connectivity index (χ0v) is 14.9. The lowest BCUT2D eigenvalue weighted by Gasteiger charge is -2.14. The summed E-state index contributed by atoms with van der Waals surface area (Å²) in [7, 11) is 0. The predicted molar refractivity (Wildman–Crippen MR) is 102 cm³/mol. The highest BCUT2D eigenvalue weighted by molar-refractivity contribution is 6.35. The van der Waals surface area contributed by atoms with E-state index < -0.39 is 6.10 Å². The smallest absolute Gasteiger partial charge is 0.252 e. The number of rotatable bonds is 5. The average Bonchev–Trinajstić information content (AvgIpc) is 2.63. The Balaban J connectivity index is 1.65. The second-order valence-corrected chi connectivity index (χ2v) is 6.60. The zero-order valence-electron chi connectivity index (χ0n) is 13.4. The fourth-order valence-corrected chi connectivity index (χ4v) is 3.16. The largest absolute Gasteiger partial charge is 0.388 e. The molecule has 1 atom stereocenters. The number of benzene rings is 3. The molecule has 0 aliphatic rings. The molecular formula is C20H17Cl2NO2. The molecule has 3 rings (SSSR count). The topological polar surface area (TPSA) is 49.3 Å². The summed E-state index contributed by atoms with van der Waals surface area (Å²) in [4.78, 5) is 12.2. The van der Waals surface area contributed by atoms with Gasteiger partial charge in [0.05, 0.1) is 16.7 Å². The predicted octanol–water partition coefficient (Wildman–Crippen LogP) is 5.00. The van der Waals surface area contributed by atoms with Gasteiger partial charge in [0.25, 0.3) is 5.91 Å². The van der Waals surface area contributed by atoms with E-state index in [1.807, 2.05) is 42.5 Å². The van der Waals surface area contributed by atoms with Crippen LogP contribution in [0.5, 0.6) is 0 Å². The van der Waals surface area contributed by atoms with Crippen molar-refractivity contribution in [3.8, 4) is 0 Å². The first-order valence-corrected chi connectivity index (χ1v) is 8.71. The van der Waals surface area contributed by atoms with E-state index >= 15 is 0 Å². The van der Waals surface area contributed by atoms with Gasteiger partial charge in [-0.2, -0.15) is 0 Å². The minimum Gasteiger partial charge on any atom is -0.388 e. The molecule has 0 radical (unpaired) electrons. The lowest BCUT2D eigenvalue weighted by Crippen LogP contribution is -2.26. The second-order valence-electron chi connectivity index (χ2n) is 5.75. The van der Waals surface area contributed by atoms with Crippen LogP contribution in [0.25, 0.3) is 10.8 Å². The molecule has 2 N–H and O–H groups in total. The molecule has 128 valence electrons. The van der Waals surface area contributed by atoms with Gasteiger partial charge in [-0.15, -0.1) is 0 Å². The number of aliphatic hydroxyl groups excluding tert-OH is 1. The van der Waals surface area contributed by atoms with Crippen molar-refractivity contribution in [2.75, 3.05) is 6.54 Å². The molecule has 0 aromatic heterocycles. The SMILES string of the molecule is O=C(NCCC(O)c1cccc2ccccc12)c1cc(Cl)ccc1Cl. The number of hydrogen-bond donors (Lipinski definition) is 2. The van der Waals surface area contributed by atoms with Crippen molar-refractivity contribution in [2.24, 2.45) is 0 Å². The van der Waals surface area contributed by atoms with Crippen molar-refractivity contribution in [3.63, 3.8) is 0 Å². The van der Waals surface area contributed by atoms with Crippen molar-refractivity contribution < 1.29 is 9.90 Å². The fourth-order valence-electron chi connectivity index (χ4n) is 2.79. The van der Waals surface area contributed by atoms with Gasteiger partial charge in [0.1, 0.15) is 0 Å². The minimum absolute atomic E-state index is 0.308. The van der Waals surface area contributed by atoms with E-state index in [0.717, 1.165) is 16.3 Å². The molecule has 0 fully saturated rings. The third kappa shape index (κ3) is 4.13. The molecule has 0 heterocycles. The molecule has 25 heavy (non-hydrogen) atoms. The van der Waals surface area contributed by atoms with Gasteiger partial charge >= 0.3 is 0 Å². The van der Waals surface area contributed by atoms with Crippen LogP contribution in [-0.4, -0.2) is 17.6 Å². The van der Waals surface area contributed by atoms with E-state index in [2.05, 4.69) is 5.32 Å². The summed E-state index contributed by atoms with van der Waals surface area (Å²) >= 11 is 11.9. The van der Waals surface area contributed by atoms with E-state index in [9.17, 15) is 9.90 Å². The van der Waals surface area contributed by atoms with Crippen LogP contribution in [0.1, 0.15) is 28.4 Å². The Morgan fingerprint density at radius 2 is 1.80 bits per heavy atom. The number of hydrogen-bond acceptors (Lipinski definition) is 2. The number of halogens is 2. The highest BCUT2D eigenvalue weighted by atomic mass is 35.5. The molecule has 3 aromatic rings. The highest BCUT2D eigenvalue weighted by Crippen LogP contribution is 2.26. The third-order valence-corrected chi connectivity index (χ3v) is 4.62. The van der Waals surface area contributed by atoms with Crippen LogP contribution in [0.15, 0.2) is 60.7 Å². The summed E-state index contributed by atoms with van der Waals surface area (Å²) in [6.07, 6.45) is -0.265. The summed E-state index contributed by atoms with van der Waals surface area (Å²) in [5, 5.41) is 16.2. The summed E-state index contributed by atoms with van der Waals surface area (Å²) in [5.74, 6) is -0.308. The van der Waals surface area contributed by atoms with Crippen molar-refractivity contribution >= 4 is 39.9 Å². The lowest BCUT2D eigenvalue weighted by molar-refractivity contribution is 0.0943. The van der Waals surface area contributed by atoms with E-state index in [1.165, 1.54) is 6.07 Å². The Morgan fingerprint density at radius 1 is 1.04 bits per heavy atom. The van der Waals surface area contributed by atoms with Crippen molar-refractivity contribution in [3.05, 3.63) is 81.8 Å². The van der Waals surface area contributed by atoms with E-state index in [4.69, 9.17) is 23.2 Å². The molecule has 1 amide bonds. The number of carbonyl (C=O) groups is 1. The maximum Gasteiger partial charge on any atom is 0.252 e. The number of amides is 1. The van der Waals surface area contributed by atoms with E-state index in [0.29, 0.717) is 28.6 Å². The number of nitrogens with one attached hydrogen (secondary N) is 1. The van der Waals surface area contributed by atoms with Crippen molar-refractivity contribution in [1.29, 1.82) is 0 Å². The third-order valence-electron chi connectivity index (χ3n) is 4.06. The molecule has 0 aliphatic carbocycles. The maximum absolute atomic E-state index is 12.2. The van der Waals surface area contributed by atoms with Crippen LogP contribution in [0.4, 0.5) is 0 Å². The van der Waals surface area contributed by atoms with Crippen LogP contribution >= 0.6 is 23.2 Å². The average molecular weight is 374 g/mol. The van der Waals surface area contributed by atoms with Gasteiger partial charge in [-0.3, -0.25) is 4.79 Å². The van der Waals surface area contributed by atoms with Crippen LogP contribution in [0, 0.1) is 0 Å². The molecule has 0 bridgehead atoms. The molecular weight excluding hydrogens is 357 g/mol. The first-order valence-electron chi connectivity index (χ1n) is 7.95. The molecule has 3 aromatic carbocycles. The molecule has 0 aliphatic heterocycles. The van der Waals surface area contributed by atoms with Crippen LogP contribution in [-0.2, 0) is 0 Å². The highest BCUT2D eigenvalue weighted by Gasteiger charge is 2.14. The standard InChI is InChI=1S/C20H17Cl2NO2/c21-14-8-9-18(22)17(12-14)20(25)23-11-10-19(24)16-7-3-5-13-4-1-2-6-15(13)16/h1-9,12,19,24H,10-11H2,(H,23,25). The van der Waals surface area contributed by atoms with Gasteiger partial charge in [-0.05, 0) is 41.0 Å². The quantitative estimate of drug-likeness (QED) is 0.660. The summed E-state index contributed by atoms with van der Waals surface area (Å²) in [5.41, 5.74) is 1.18. The van der Waals surface area contributed by atoms with Gasteiger partial charge in [-0.25, -0.2) is 0 Å². The van der Waals surface area contributed by atoms with Gasteiger partial charge in [0, 0.05) is 11.6 Å². The zero-order chi connectivity index (χ0) is 17.8. The van der Waals surface area contributed by atoms with Crippen LogP contribution in [0.3, 0.4) is 0 Å². The summed E-state index contributed by atoms with van der Waals surface area (Å²) in [6, 6.07) is 18.5. The fraction of sp³-hybridized carbons (Fsp3) is 0.150. The van der Waals surface area contributed by atoms with Gasteiger partial charge < -0.3 is 10.4 Å². The van der Waals surface area contributed by atoms with Crippen molar-refractivity contribution in [1.82, 2.24) is 5.32 Å². The van der Waals surface area contributed by atoms with Gasteiger partial charge in [0.2, 0.25) is 0 Å². The number of carbonyl (C=O) groups excluding carboxylic acids is 1. The van der Waals surface area contributed by atoms with Crippen LogP contribution < -0.4 is 5.32 Å². The first kappa shape index (κ1) is 17.7. The maximum atomic E-state index is 12.2.